The van der Waals surface area contributed by atoms with Gasteiger partial charge in [-0.15, -0.1) is 0 Å². The number of nitrogens with zero attached hydrogens (tertiary/aromatic N) is 1. The number of hydrogen-bond donors (Lipinski definition) is 1. The molecular weight excluding hydrogens is 212 g/mol. The number of nitrogens with one attached hydrogen (secondary N) is 1. The summed E-state index contributed by atoms with van der Waals surface area (Å²) in [5, 5.41) is 3.39. The SMILES string of the molecule is CCCNCCN(C)CCOc1ccccc1. The van der Waals surface area contributed by atoms with Crippen molar-refractivity contribution in [2.45, 2.75) is 13.3 Å². The lowest BCUT2D eigenvalue weighted by molar-refractivity contribution is 0.237. The molecule has 0 radical (unpaired) electrons. The Morgan fingerprint density at radius 1 is 1.12 bits per heavy atom. The van der Waals surface area contributed by atoms with Crippen LogP contribution in [0.3, 0.4) is 0 Å². The number of hydrogen-bond acceptors (Lipinski definition) is 3. The molecular formula is C14H24N2O. The maximum atomic E-state index is 5.64. The van der Waals surface area contributed by atoms with E-state index in [1.807, 2.05) is 30.3 Å². The Kier molecular flexibility index (Phi) is 7.43. The highest BCUT2D eigenvalue weighted by atomic mass is 16.5. The zero-order chi connectivity index (χ0) is 12.3. The van der Waals surface area contributed by atoms with E-state index in [0.29, 0.717) is 0 Å². The van der Waals surface area contributed by atoms with Crippen molar-refractivity contribution in [1.29, 1.82) is 0 Å². The van der Waals surface area contributed by atoms with Crippen molar-refractivity contribution in [3.05, 3.63) is 30.3 Å². The standard InChI is InChI=1S/C14H24N2O/c1-3-9-15-10-11-16(2)12-13-17-14-7-5-4-6-8-14/h4-8,15H,3,9-13H2,1-2H3. The van der Waals surface area contributed by atoms with E-state index in [-0.39, 0.29) is 0 Å². The molecule has 0 bridgehead atoms. The zero-order valence-electron chi connectivity index (χ0n) is 11.0. The van der Waals surface area contributed by atoms with Crippen LogP contribution in [0.15, 0.2) is 30.3 Å². The molecule has 0 aliphatic rings. The van der Waals surface area contributed by atoms with Crippen molar-refractivity contribution < 1.29 is 4.74 Å². The second kappa shape index (κ2) is 9.02. The lowest BCUT2D eigenvalue weighted by Crippen LogP contribution is -2.32. The van der Waals surface area contributed by atoms with Crippen molar-refractivity contribution in [2.24, 2.45) is 0 Å². The first kappa shape index (κ1) is 14.0. The van der Waals surface area contributed by atoms with Crippen LogP contribution < -0.4 is 10.1 Å². The molecule has 0 fully saturated rings. The van der Waals surface area contributed by atoms with Crippen molar-refractivity contribution in [3.63, 3.8) is 0 Å². The quantitative estimate of drug-likeness (QED) is 0.664. The van der Waals surface area contributed by atoms with Crippen molar-refractivity contribution in [3.8, 4) is 5.75 Å². The van der Waals surface area contributed by atoms with Gasteiger partial charge in [0.25, 0.3) is 0 Å². The fraction of sp³-hybridized carbons (Fsp3) is 0.571. The van der Waals surface area contributed by atoms with Gasteiger partial charge in [-0.25, -0.2) is 0 Å². The van der Waals surface area contributed by atoms with E-state index in [2.05, 4.69) is 24.2 Å². The van der Waals surface area contributed by atoms with E-state index in [1.165, 1.54) is 6.42 Å². The summed E-state index contributed by atoms with van der Waals surface area (Å²) in [5.74, 6) is 0.949. The smallest absolute Gasteiger partial charge is 0.119 e. The first-order chi connectivity index (χ1) is 8.33. The van der Waals surface area contributed by atoms with Gasteiger partial charge in [0.15, 0.2) is 0 Å². The third-order valence-electron chi connectivity index (χ3n) is 2.58. The molecule has 0 heterocycles. The third kappa shape index (κ3) is 6.97. The summed E-state index contributed by atoms with van der Waals surface area (Å²) >= 11 is 0. The summed E-state index contributed by atoms with van der Waals surface area (Å²) < 4.78 is 5.64. The summed E-state index contributed by atoms with van der Waals surface area (Å²) in [6, 6.07) is 9.96. The second-order valence-corrected chi connectivity index (χ2v) is 4.21. The lowest BCUT2D eigenvalue weighted by Gasteiger charge is -2.17. The summed E-state index contributed by atoms with van der Waals surface area (Å²) in [6.45, 7) is 7.11. The van der Waals surface area contributed by atoms with Crippen LogP contribution in [0.25, 0.3) is 0 Å². The Morgan fingerprint density at radius 2 is 1.88 bits per heavy atom. The van der Waals surface area contributed by atoms with E-state index < -0.39 is 0 Å². The monoisotopic (exact) mass is 236 g/mol. The highest BCUT2D eigenvalue weighted by Gasteiger charge is 1.98. The Hall–Kier alpha value is -1.06. The van der Waals surface area contributed by atoms with Gasteiger partial charge in [0.1, 0.15) is 12.4 Å². The van der Waals surface area contributed by atoms with Crippen LogP contribution in [0, 0.1) is 0 Å². The molecule has 0 saturated carbocycles. The van der Waals surface area contributed by atoms with Crippen LogP contribution in [0.1, 0.15) is 13.3 Å². The topological polar surface area (TPSA) is 24.5 Å². The van der Waals surface area contributed by atoms with Gasteiger partial charge >= 0.3 is 0 Å². The predicted molar refractivity (Wildman–Crippen MR) is 72.6 cm³/mol. The summed E-state index contributed by atoms with van der Waals surface area (Å²) in [7, 11) is 2.13. The van der Waals surface area contributed by atoms with Crippen molar-refractivity contribution in [1.82, 2.24) is 10.2 Å². The molecule has 3 nitrogen and oxygen atoms in total. The van der Waals surface area contributed by atoms with Crippen molar-refractivity contribution in [2.75, 3.05) is 39.8 Å². The fourth-order valence-electron chi connectivity index (χ4n) is 1.52. The maximum absolute atomic E-state index is 5.64. The molecule has 1 N–H and O–H groups in total. The predicted octanol–water partition coefficient (Wildman–Crippen LogP) is 2.00. The number of para-hydroxylation sites is 1. The summed E-state index contributed by atoms with van der Waals surface area (Å²) in [4.78, 5) is 2.28. The minimum Gasteiger partial charge on any atom is -0.492 e. The van der Waals surface area contributed by atoms with Gasteiger partial charge in [-0.05, 0) is 32.1 Å². The van der Waals surface area contributed by atoms with E-state index in [1.54, 1.807) is 0 Å². The minimum absolute atomic E-state index is 0.744. The first-order valence-electron chi connectivity index (χ1n) is 6.40. The Bertz CT molecular complexity index is 277. The molecule has 1 aromatic rings. The third-order valence-corrected chi connectivity index (χ3v) is 2.58. The Balaban J connectivity index is 2.02. The number of rotatable bonds is 9. The molecule has 0 amide bonds. The molecule has 0 saturated heterocycles. The van der Waals surface area contributed by atoms with Crippen LogP contribution >= 0.6 is 0 Å². The van der Waals surface area contributed by atoms with Gasteiger partial charge < -0.3 is 15.0 Å². The summed E-state index contributed by atoms with van der Waals surface area (Å²) in [5.41, 5.74) is 0. The highest BCUT2D eigenvalue weighted by molar-refractivity contribution is 5.20. The number of benzene rings is 1. The molecule has 3 heteroatoms. The van der Waals surface area contributed by atoms with Crippen LogP contribution in [0.4, 0.5) is 0 Å². The van der Waals surface area contributed by atoms with E-state index in [4.69, 9.17) is 4.74 Å². The van der Waals surface area contributed by atoms with E-state index in [9.17, 15) is 0 Å². The lowest BCUT2D eigenvalue weighted by atomic mass is 10.3. The van der Waals surface area contributed by atoms with Gasteiger partial charge in [-0.1, -0.05) is 25.1 Å². The van der Waals surface area contributed by atoms with E-state index in [0.717, 1.165) is 38.5 Å². The van der Waals surface area contributed by atoms with Crippen LogP contribution in [0.5, 0.6) is 5.75 Å². The molecule has 0 aliphatic heterocycles. The average Bonchev–Trinajstić information content (AvgIpc) is 2.36. The average molecular weight is 236 g/mol. The molecule has 0 spiro atoms. The largest absolute Gasteiger partial charge is 0.492 e. The number of ether oxygens (including phenoxy) is 1. The van der Waals surface area contributed by atoms with Crippen molar-refractivity contribution >= 4 is 0 Å². The Morgan fingerprint density at radius 3 is 2.59 bits per heavy atom. The molecule has 0 atom stereocenters. The van der Waals surface area contributed by atoms with Gasteiger partial charge in [0, 0.05) is 19.6 Å². The Labute approximate surface area is 105 Å². The molecule has 1 aromatic carbocycles. The summed E-state index contributed by atoms with van der Waals surface area (Å²) in [6.07, 6.45) is 1.20. The molecule has 1 rings (SSSR count). The second-order valence-electron chi connectivity index (χ2n) is 4.21. The van der Waals surface area contributed by atoms with E-state index >= 15 is 0 Å². The molecule has 96 valence electrons. The normalized spacial score (nSPS) is 10.8. The fourth-order valence-corrected chi connectivity index (χ4v) is 1.52. The van der Waals surface area contributed by atoms with Crippen LogP contribution in [-0.2, 0) is 0 Å². The highest BCUT2D eigenvalue weighted by Crippen LogP contribution is 2.07. The van der Waals surface area contributed by atoms with Crippen LogP contribution in [-0.4, -0.2) is 44.7 Å². The molecule has 0 aliphatic carbocycles. The minimum atomic E-state index is 0.744. The van der Waals surface area contributed by atoms with Gasteiger partial charge in [-0.2, -0.15) is 0 Å². The van der Waals surface area contributed by atoms with Gasteiger partial charge in [-0.3, -0.25) is 0 Å². The zero-order valence-corrected chi connectivity index (χ0v) is 11.0. The first-order valence-corrected chi connectivity index (χ1v) is 6.40. The number of likely N-dealkylation sites (N-methyl/N-ethyl adjacent to an activating group) is 1. The maximum Gasteiger partial charge on any atom is 0.119 e. The molecule has 17 heavy (non-hydrogen) atoms. The van der Waals surface area contributed by atoms with Crippen LogP contribution in [0.2, 0.25) is 0 Å². The molecule has 0 aromatic heterocycles. The van der Waals surface area contributed by atoms with Gasteiger partial charge in [0.05, 0.1) is 0 Å². The molecule has 0 unspecified atom stereocenters. The van der Waals surface area contributed by atoms with Gasteiger partial charge in [0.2, 0.25) is 0 Å².